The molecule has 5 N–H and O–H groups in total. The summed E-state index contributed by atoms with van der Waals surface area (Å²) in [5, 5.41) is 6.04. The first kappa shape index (κ1) is 26.1. The van der Waals surface area contributed by atoms with Crippen LogP contribution in [0.2, 0.25) is 5.02 Å². The van der Waals surface area contributed by atoms with Gasteiger partial charge in [-0.25, -0.2) is 18.4 Å². The molecule has 0 radical (unpaired) electrons. The van der Waals surface area contributed by atoms with Gasteiger partial charge < -0.3 is 21.1 Å². The molecule has 4 aromatic rings. The van der Waals surface area contributed by atoms with Gasteiger partial charge in [-0.1, -0.05) is 29.8 Å². The van der Waals surface area contributed by atoms with E-state index >= 15 is 0 Å². The molecule has 12 heteroatoms. The van der Waals surface area contributed by atoms with Crippen LogP contribution >= 0.6 is 11.6 Å². The molecule has 0 saturated heterocycles. The van der Waals surface area contributed by atoms with Crippen LogP contribution in [0.15, 0.2) is 65.6 Å². The van der Waals surface area contributed by atoms with Crippen LogP contribution in [0, 0.1) is 6.92 Å². The molecule has 4 rings (SSSR count). The first-order chi connectivity index (χ1) is 17.6. The Hall–Kier alpha value is -3.93. The van der Waals surface area contributed by atoms with Gasteiger partial charge in [0.25, 0.3) is 10.0 Å². The van der Waals surface area contributed by atoms with Gasteiger partial charge in [0.1, 0.15) is 5.75 Å². The number of nitrogens with one attached hydrogen (secondary N) is 3. The molecular formula is C25H25ClN6O4S. The quantitative estimate of drug-likeness (QED) is 0.256. The van der Waals surface area contributed by atoms with Gasteiger partial charge in [0.15, 0.2) is 11.6 Å². The van der Waals surface area contributed by atoms with Gasteiger partial charge in [-0.3, -0.25) is 9.52 Å². The molecule has 37 heavy (non-hydrogen) atoms. The second kappa shape index (κ2) is 10.6. The third kappa shape index (κ3) is 5.91. The highest BCUT2D eigenvalue weighted by molar-refractivity contribution is 7.92. The molecular weight excluding hydrogens is 516 g/mol. The van der Waals surface area contributed by atoms with Crippen LogP contribution in [0.1, 0.15) is 12.5 Å². The van der Waals surface area contributed by atoms with Crippen LogP contribution in [-0.2, 0) is 14.8 Å². The van der Waals surface area contributed by atoms with Gasteiger partial charge in [-0.15, -0.1) is 0 Å². The largest absolute Gasteiger partial charge is 0.497 e. The van der Waals surface area contributed by atoms with E-state index in [1.54, 1.807) is 61.5 Å². The molecule has 10 nitrogen and oxygen atoms in total. The fourth-order valence-electron chi connectivity index (χ4n) is 3.42. The second-order valence-corrected chi connectivity index (χ2v) is 10.3. The lowest BCUT2D eigenvalue weighted by atomic mass is 10.2. The van der Waals surface area contributed by atoms with E-state index in [1.807, 2.05) is 0 Å². The first-order valence-corrected chi connectivity index (χ1v) is 13.0. The highest BCUT2D eigenvalue weighted by atomic mass is 35.5. The van der Waals surface area contributed by atoms with Crippen molar-refractivity contribution in [2.75, 3.05) is 22.5 Å². The second-order valence-electron chi connectivity index (χ2n) is 8.24. The molecule has 3 aromatic carbocycles. The number of amides is 1. The van der Waals surface area contributed by atoms with Crippen molar-refractivity contribution in [3.63, 3.8) is 0 Å². The highest BCUT2D eigenvalue weighted by Gasteiger charge is 2.22. The lowest BCUT2D eigenvalue weighted by Gasteiger charge is -2.16. The summed E-state index contributed by atoms with van der Waals surface area (Å²) < 4.78 is 34.8. The standard InChI is InChI=1S/C25H25ClN6O4S/c1-14-8-9-16(28-25(33)15(2)27)12-22(14)37(34,35)32-24-23(29-19-6-4-5-7-20(19)30-24)31-21-13-17(36-3)10-11-18(21)26/h4-13,15H,27H2,1-3H3,(H,28,33)(H,29,31)(H,30,32). The summed E-state index contributed by atoms with van der Waals surface area (Å²) in [5.41, 5.74) is 7.84. The number of carbonyl (C=O) groups is 1. The molecule has 0 spiro atoms. The maximum atomic E-state index is 13.5. The van der Waals surface area contributed by atoms with E-state index in [0.29, 0.717) is 38.7 Å². The molecule has 0 aliphatic rings. The van der Waals surface area contributed by atoms with E-state index in [9.17, 15) is 13.2 Å². The number of hydrogen-bond donors (Lipinski definition) is 4. The predicted molar refractivity (Wildman–Crippen MR) is 145 cm³/mol. The number of sulfonamides is 1. The fourth-order valence-corrected chi connectivity index (χ4v) is 4.86. The van der Waals surface area contributed by atoms with Crippen molar-refractivity contribution >= 4 is 61.6 Å². The fraction of sp³-hybridized carbons (Fsp3) is 0.160. The summed E-state index contributed by atoms with van der Waals surface area (Å²) in [6.07, 6.45) is 0. The van der Waals surface area contributed by atoms with E-state index in [1.165, 1.54) is 20.1 Å². The maximum absolute atomic E-state index is 13.5. The Bertz CT molecular complexity index is 1590. The Balaban J connectivity index is 1.76. The number of methoxy groups -OCH3 is 1. The lowest BCUT2D eigenvalue weighted by Crippen LogP contribution is -2.32. The number of aryl methyl sites for hydroxylation is 1. The predicted octanol–water partition coefficient (Wildman–Crippen LogP) is 4.43. The number of nitrogens with two attached hydrogens (primary N) is 1. The van der Waals surface area contributed by atoms with E-state index in [2.05, 4.69) is 25.3 Å². The Morgan fingerprint density at radius 3 is 2.35 bits per heavy atom. The topological polar surface area (TPSA) is 148 Å². The number of halogens is 1. The number of nitrogens with zero attached hydrogens (tertiary/aromatic N) is 2. The third-order valence-corrected chi connectivity index (χ3v) is 7.20. The van der Waals surface area contributed by atoms with Crippen LogP contribution < -0.4 is 25.8 Å². The lowest BCUT2D eigenvalue weighted by molar-refractivity contribution is -0.117. The number of ether oxygens (including phenoxy) is 1. The van der Waals surface area contributed by atoms with Crippen LogP contribution in [0.4, 0.5) is 23.0 Å². The van der Waals surface area contributed by atoms with E-state index < -0.39 is 22.0 Å². The SMILES string of the molecule is COc1ccc(Cl)c(Nc2nc3ccccc3nc2NS(=O)(=O)c2cc(NC(=O)C(C)N)ccc2C)c1. The molecule has 0 saturated carbocycles. The average molecular weight is 541 g/mol. The summed E-state index contributed by atoms with van der Waals surface area (Å²) in [5.74, 6) is 0.199. The number of hydrogen-bond acceptors (Lipinski definition) is 8. The van der Waals surface area contributed by atoms with E-state index in [-0.39, 0.29) is 16.5 Å². The van der Waals surface area contributed by atoms with Crippen molar-refractivity contribution in [2.24, 2.45) is 5.73 Å². The molecule has 0 aliphatic heterocycles. The number of para-hydroxylation sites is 2. The zero-order valence-corrected chi connectivity index (χ0v) is 21.8. The summed E-state index contributed by atoms with van der Waals surface area (Å²) in [7, 11) is -2.64. The van der Waals surface area contributed by atoms with Crippen molar-refractivity contribution in [1.82, 2.24) is 9.97 Å². The Labute approximate surface area is 219 Å². The number of fused-ring (bicyclic) bond motifs is 1. The molecule has 1 amide bonds. The molecule has 0 bridgehead atoms. The minimum absolute atomic E-state index is 0.0398. The first-order valence-electron chi connectivity index (χ1n) is 11.1. The summed E-state index contributed by atoms with van der Waals surface area (Å²) in [4.78, 5) is 21.0. The molecule has 0 fully saturated rings. The third-order valence-electron chi connectivity index (χ3n) is 5.39. The number of benzene rings is 3. The van der Waals surface area contributed by atoms with Crippen molar-refractivity contribution in [3.8, 4) is 5.75 Å². The summed E-state index contributed by atoms with van der Waals surface area (Å²) in [6, 6.07) is 15.8. The van der Waals surface area contributed by atoms with Gasteiger partial charge in [-0.2, -0.15) is 0 Å². The van der Waals surface area contributed by atoms with Crippen molar-refractivity contribution in [2.45, 2.75) is 24.8 Å². The minimum Gasteiger partial charge on any atom is -0.497 e. The molecule has 1 aromatic heterocycles. The Morgan fingerprint density at radius 1 is 1.03 bits per heavy atom. The van der Waals surface area contributed by atoms with Gasteiger partial charge in [0, 0.05) is 11.8 Å². The maximum Gasteiger partial charge on any atom is 0.263 e. The van der Waals surface area contributed by atoms with Gasteiger partial charge in [-0.05, 0) is 55.8 Å². The van der Waals surface area contributed by atoms with Crippen LogP contribution in [-0.4, -0.2) is 37.4 Å². The number of anilines is 4. The van der Waals surface area contributed by atoms with Crippen LogP contribution in [0.25, 0.3) is 11.0 Å². The van der Waals surface area contributed by atoms with Gasteiger partial charge in [0.05, 0.1) is 39.8 Å². The summed E-state index contributed by atoms with van der Waals surface area (Å²) in [6.45, 7) is 3.18. The molecule has 1 heterocycles. The normalized spacial score (nSPS) is 12.1. The van der Waals surface area contributed by atoms with Gasteiger partial charge >= 0.3 is 0 Å². The van der Waals surface area contributed by atoms with Crippen LogP contribution in [0.3, 0.4) is 0 Å². The number of aromatic nitrogens is 2. The zero-order chi connectivity index (χ0) is 26.7. The number of carbonyl (C=O) groups excluding carboxylic acids is 1. The monoisotopic (exact) mass is 540 g/mol. The van der Waals surface area contributed by atoms with Crippen molar-refractivity contribution in [3.05, 3.63) is 71.2 Å². The van der Waals surface area contributed by atoms with Gasteiger partial charge in [0.2, 0.25) is 5.91 Å². The summed E-state index contributed by atoms with van der Waals surface area (Å²) >= 11 is 6.36. The zero-order valence-electron chi connectivity index (χ0n) is 20.2. The molecule has 192 valence electrons. The van der Waals surface area contributed by atoms with Crippen molar-refractivity contribution in [1.29, 1.82) is 0 Å². The Morgan fingerprint density at radius 2 is 1.70 bits per heavy atom. The average Bonchev–Trinajstić information content (AvgIpc) is 2.86. The number of rotatable bonds is 8. The van der Waals surface area contributed by atoms with Crippen LogP contribution in [0.5, 0.6) is 5.75 Å². The smallest absolute Gasteiger partial charge is 0.263 e. The highest BCUT2D eigenvalue weighted by Crippen LogP contribution is 2.33. The minimum atomic E-state index is -4.16. The molecule has 1 atom stereocenters. The van der Waals surface area contributed by atoms with E-state index in [0.717, 1.165) is 0 Å². The van der Waals surface area contributed by atoms with Crippen molar-refractivity contribution < 1.29 is 17.9 Å². The van der Waals surface area contributed by atoms with E-state index in [4.69, 9.17) is 22.1 Å². The molecule has 0 aliphatic carbocycles. The molecule has 1 unspecified atom stereocenters. The Kier molecular flexibility index (Phi) is 7.48.